The summed E-state index contributed by atoms with van der Waals surface area (Å²) in [7, 11) is 0. The van der Waals surface area contributed by atoms with Crippen molar-refractivity contribution in [3.8, 4) is 0 Å². The summed E-state index contributed by atoms with van der Waals surface area (Å²) in [6.45, 7) is 9.56. The van der Waals surface area contributed by atoms with E-state index < -0.39 is 0 Å². The maximum Gasteiger partial charge on any atom is 0.123 e. The van der Waals surface area contributed by atoms with Crippen LogP contribution in [-0.2, 0) is 12.0 Å². The maximum absolute atomic E-state index is 12.9. The summed E-state index contributed by atoms with van der Waals surface area (Å²) in [5, 5.41) is 3.47. The summed E-state index contributed by atoms with van der Waals surface area (Å²) in [4.78, 5) is 0. The summed E-state index contributed by atoms with van der Waals surface area (Å²) < 4.78 is 12.9. The summed E-state index contributed by atoms with van der Waals surface area (Å²) in [5.74, 6) is -0.191. The number of hydrogen-bond donors (Lipinski definition) is 1. The molecule has 0 fully saturated rings. The highest BCUT2D eigenvalue weighted by Crippen LogP contribution is 2.22. The van der Waals surface area contributed by atoms with Crippen LogP contribution in [0.1, 0.15) is 50.4 Å². The van der Waals surface area contributed by atoms with Crippen molar-refractivity contribution in [1.82, 2.24) is 5.32 Å². The van der Waals surface area contributed by atoms with Crippen LogP contribution in [0.3, 0.4) is 0 Å². The molecule has 0 radical (unpaired) electrons. The lowest BCUT2D eigenvalue weighted by molar-refractivity contribution is 0.568. The molecular weight excluding hydrogens is 261 g/mol. The largest absolute Gasteiger partial charge is 0.306 e. The van der Waals surface area contributed by atoms with Gasteiger partial charge in [-0.1, -0.05) is 57.2 Å². The molecule has 0 aliphatic heterocycles. The highest BCUT2D eigenvalue weighted by Gasteiger charge is 2.13. The SMILES string of the molecule is C[C@@H](NCc1ccc(C(C)(C)C)cc1)c1ccc(F)cc1. The maximum atomic E-state index is 12.9. The zero-order valence-electron chi connectivity index (χ0n) is 13.3. The molecule has 2 aromatic carbocycles. The first-order valence-electron chi connectivity index (χ1n) is 7.44. The zero-order chi connectivity index (χ0) is 15.5. The highest BCUT2D eigenvalue weighted by atomic mass is 19.1. The quantitative estimate of drug-likeness (QED) is 0.836. The van der Waals surface area contributed by atoms with Gasteiger partial charge < -0.3 is 5.32 Å². The van der Waals surface area contributed by atoms with Crippen LogP contribution in [0.25, 0.3) is 0 Å². The predicted octanol–water partition coefficient (Wildman–Crippen LogP) is 4.97. The molecule has 1 nitrogen and oxygen atoms in total. The molecule has 0 unspecified atom stereocenters. The van der Waals surface area contributed by atoms with Crippen molar-refractivity contribution in [3.05, 3.63) is 71.0 Å². The summed E-state index contributed by atoms with van der Waals surface area (Å²) in [6.07, 6.45) is 0. The van der Waals surface area contributed by atoms with Crippen LogP contribution < -0.4 is 5.32 Å². The van der Waals surface area contributed by atoms with Crippen molar-refractivity contribution in [2.45, 2.75) is 45.7 Å². The molecule has 0 heterocycles. The first-order valence-corrected chi connectivity index (χ1v) is 7.44. The Bertz CT molecular complexity index is 564. The molecule has 0 bridgehead atoms. The van der Waals surface area contributed by atoms with Gasteiger partial charge >= 0.3 is 0 Å². The van der Waals surface area contributed by atoms with E-state index in [0.29, 0.717) is 0 Å². The first-order chi connectivity index (χ1) is 9.86. The Labute approximate surface area is 127 Å². The average Bonchev–Trinajstić information content (AvgIpc) is 2.45. The average molecular weight is 285 g/mol. The number of halogens is 1. The lowest BCUT2D eigenvalue weighted by Crippen LogP contribution is -2.18. The fourth-order valence-electron chi connectivity index (χ4n) is 2.26. The Kier molecular flexibility index (Phi) is 4.79. The Hall–Kier alpha value is -1.67. The van der Waals surface area contributed by atoms with Gasteiger partial charge in [-0.25, -0.2) is 4.39 Å². The molecule has 0 aliphatic rings. The third kappa shape index (κ3) is 4.40. The lowest BCUT2D eigenvalue weighted by atomic mass is 9.87. The van der Waals surface area contributed by atoms with Gasteiger partial charge in [0.25, 0.3) is 0 Å². The van der Waals surface area contributed by atoms with E-state index in [1.54, 1.807) is 0 Å². The van der Waals surface area contributed by atoms with Gasteiger partial charge in [0.2, 0.25) is 0 Å². The second kappa shape index (κ2) is 6.40. The molecule has 0 spiro atoms. The summed E-state index contributed by atoms with van der Waals surface area (Å²) in [5.41, 5.74) is 3.89. The van der Waals surface area contributed by atoms with Gasteiger partial charge in [0.05, 0.1) is 0 Å². The van der Waals surface area contributed by atoms with E-state index in [-0.39, 0.29) is 17.3 Å². The van der Waals surface area contributed by atoms with Crippen LogP contribution in [0, 0.1) is 5.82 Å². The number of rotatable bonds is 4. The van der Waals surface area contributed by atoms with E-state index in [4.69, 9.17) is 0 Å². The number of benzene rings is 2. The van der Waals surface area contributed by atoms with E-state index in [0.717, 1.165) is 12.1 Å². The summed E-state index contributed by atoms with van der Waals surface area (Å²) >= 11 is 0. The minimum absolute atomic E-state index is 0.188. The van der Waals surface area contributed by atoms with Crippen molar-refractivity contribution < 1.29 is 4.39 Å². The zero-order valence-corrected chi connectivity index (χ0v) is 13.3. The van der Waals surface area contributed by atoms with Gasteiger partial charge in [0.1, 0.15) is 5.82 Å². The first kappa shape index (κ1) is 15.7. The van der Waals surface area contributed by atoms with Gasteiger partial charge in [0.15, 0.2) is 0 Å². The normalized spacial score (nSPS) is 13.2. The topological polar surface area (TPSA) is 12.0 Å². The lowest BCUT2D eigenvalue weighted by Gasteiger charge is -2.19. The second-order valence-corrected chi connectivity index (χ2v) is 6.60. The minimum atomic E-state index is -0.191. The minimum Gasteiger partial charge on any atom is -0.306 e. The Morgan fingerprint density at radius 1 is 0.952 bits per heavy atom. The summed E-state index contributed by atoms with van der Waals surface area (Å²) in [6, 6.07) is 15.6. The van der Waals surface area contributed by atoms with Crippen molar-refractivity contribution >= 4 is 0 Å². The molecule has 1 atom stereocenters. The molecule has 0 aliphatic carbocycles. The fourth-order valence-corrected chi connectivity index (χ4v) is 2.26. The van der Waals surface area contributed by atoms with Gasteiger partial charge in [-0.15, -0.1) is 0 Å². The third-order valence-electron chi connectivity index (χ3n) is 3.80. The Morgan fingerprint density at radius 2 is 1.52 bits per heavy atom. The van der Waals surface area contributed by atoms with Crippen LogP contribution in [0.15, 0.2) is 48.5 Å². The molecule has 21 heavy (non-hydrogen) atoms. The van der Waals surface area contributed by atoms with Crippen LogP contribution in [0.5, 0.6) is 0 Å². The molecule has 2 aromatic rings. The van der Waals surface area contributed by atoms with Crippen molar-refractivity contribution in [1.29, 1.82) is 0 Å². The molecule has 2 heteroatoms. The van der Waals surface area contributed by atoms with Gasteiger partial charge in [-0.05, 0) is 41.2 Å². The van der Waals surface area contributed by atoms with Gasteiger partial charge in [-0.3, -0.25) is 0 Å². The number of hydrogen-bond acceptors (Lipinski definition) is 1. The Morgan fingerprint density at radius 3 is 2.05 bits per heavy atom. The van der Waals surface area contributed by atoms with E-state index in [9.17, 15) is 4.39 Å². The third-order valence-corrected chi connectivity index (χ3v) is 3.80. The smallest absolute Gasteiger partial charge is 0.123 e. The molecule has 0 saturated carbocycles. The second-order valence-electron chi connectivity index (χ2n) is 6.60. The van der Waals surface area contributed by atoms with Crippen molar-refractivity contribution in [2.75, 3.05) is 0 Å². The number of nitrogens with one attached hydrogen (secondary N) is 1. The van der Waals surface area contributed by atoms with Crippen LogP contribution in [0.2, 0.25) is 0 Å². The van der Waals surface area contributed by atoms with Crippen LogP contribution in [0.4, 0.5) is 4.39 Å². The van der Waals surface area contributed by atoms with Crippen LogP contribution in [-0.4, -0.2) is 0 Å². The molecule has 1 N–H and O–H groups in total. The monoisotopic (exact) mass is 285 g/mol. The van der Waals surface area contributed by atoms with E-state index in [1.165, 1.54) is 23.3 Å². The Balaban J connectivity index is 1.95. The van der Waals surface area contributed by atoms with E-state index >= 15 is 0 Å². The van der Waals surface area contributed by atoms with Crippen molar-refractivity contribution in [2.24, 2.45) is 0 Å². The molecule has 2 rings (SSSR count). The highest BCUT2D eigenvalue weighted by molar-refractivity contribution is 5.27. The molecular formula is C19H24FN. The van der Waals surface area contributed by atoms with Crippen LogP contribution >= 0.6 is 0 Å². The predicted molar refractivity (Wildman–Crippen MR) is 86.8 cm³/mol. The molecule has 112 valence electrons. The molecule has 0 saturated heterocycles. The van der Waals surface area contributed by atoms with E-state index in [1.807, 2.05) is 12.1 Å². The molecule has 0 aromatic heterocycles. The molecule has 0 amide bonds. The van der Waals surface area contributed by atoms with Crippen molar-refractivity contribution in [3.63, 3.8) is 0 Å². The van der Waals surface area contributed by atoms with Gasteiger partial charge in [-0.2, -0.15) is 0 Å². The standard InChI is InChI=1S/C19H24FN/c1-14(16-7-11-18(20)12-8-16)21-13-15-5-9-17(10-6-15)19(2,3)4/h5-12,14,21H,13H2,1-4H3/t14-/m1/s1. The van der Waals surface area contributed by atoms with Gasteiger partial charge in [0, 0.05) is 12.6 Å². The van der Waals surface area contributed by atoms with E-state index in [2.05, 4.69) is 57.3 Å². The fraction of sp³-hybridized carbons (Fsp3) is 0.368.